The molecule has 4 nitrogen and oxygen atoms in total. The van der Waals surface area contributed by atoms with Crippen LogP contribution in [0.15, 0.2) is 29.3 Å². The number of hydrogen-bond acceptors (Lipinski definition) is 2. The quantitative estimate of drug-likeness (QED) is 0.612. The number of ether oxygens (including phenoxy) is 1. The third kappa shape index (κ3) is 5.20. The molecule has 19 heavy (non-hydrogen) atoms. The maximum absolute atomic E-state index is 5.33. The molecule has 0 aliphatic heterocycles. The lowest BCUT2D eigenvalue weighted by Gasteiger charge is -2.16. The molecule has 4 heteroatoms. The Morgan fingerprint density at radius 2 is 2.05 bits per heavy atom. The van der Waals surface area contributed by atoms with Gasteiger partial charge in [-0.2, -0.15) is 0 Å². The molecule has 106 valence electrons. The second-order valence-corrected chi connectivity index (χ2v) is 4.46. The third-order valence-corrected chi connectivity index (χ3v) is 2.94. The summed E-state index contributed by atoms with van der Waals surface area (Å²) in [5.41, 5.74) is 1.09. The van der Waals surface area contributed by atoms with Gasteiger partial charge in [0.15, 0.2) is 5.96 Å². The predicted molar refractivity (Wildman–Crippen MR) is 80.7 cm³/mol. The largest absolute Gasteiger partial charge is 0.496 e. The van der Waals surface area contributed by atoms with Crippen molar-refractivity contribution in [2.75, 3.05) is 13.7 Å². The minimum Gasteiger partial charge on any atom is -0.496 e. The minimum atomic E-state index is 0.412. The van der Waals surface area contributed by atoms with Crippen molar-refractivity contribution in [3.05, 3.63) is 29.8 Å². The molecule has 0 saturated carbocycles. The summed E-state index contributed by atoms with van der Waals surface area (Å²) in [5, 5.41) is 6.63. The normalized spacial score (nSPS) is 12.9. The van der Waals surface area contributed by atoms with Gasteiger partial charge in [0.2, 0.25) is 0 Å². The van der Waals surface area contributed by atoms with Gasteiger partial charge in [-0.1, -0.05) is 25.1 Å². The molecule has 0 aliphatic carbocycles. The van der Waals surface area contributed by atoms with E-state index in [1.807, 2.05) is 24.3 Å². The Bertz CT molecular complexity index is 404. The zero-order chi connectivity index (χ0) is 14.1. The van der Waals surface area contributed by atoms with Crippen molar-refractivity contribution >= 4 is 5.96 Å². The number of para-hydroxylation sites is 1. The minimum absolute atomic E-state index is 0.412. The topological polar surface area (TPSA) is 45.7 Å². The van der Waals surface area contributed by atoms with Crippen molar-refractivity contribution in [3.8, 4) is 5.75 Å². The molecule has 0 fully saturated rings. The van der Waals surface area contributed by atoms with Crippen LogP contribution in [0, 0.1) is 0 Å². The Labute approximate surface area is 116 Å². The second kappa shape index (κ2) is 8.40. The van der Waals surface area contributed by atoms with Gasteiger partial charge in [-0.3, -0.25) is 0 Å². The number of hydrogen-bond donors (Lipinski definition) is 2. The number of aliphatic imine (C=N–C) groups is 1. The summed E-state index contributed by atoms with van der Waals surface area (Å²) in [7, 11) is 1.69. The molecule has 0 saturated heterocycles. The molecule has 1 aromatic rings. The molecule has 2 N–H and O–H groups in total. The lowest BCUT2D eigenvalue weighted by atomic mass is 10.2. The van der Waals surface area contributed by atoms with E-state index in [2.05, 4.69) is 36.4 Å². The van der Waals surface area contributed by atoms with Crippen LogP contribution < -0.4 is 15.4 Å². The van der Waals surface area contributed by atoms with Crippen molar-refractivity contribution in [1.82, 2.24) is 10.6 Å². The number of guanidine groups is 1. The molecule has 0 aliphatic rings. The van der Waals surface area contributed by atoms with E-state index in [9.17, 15) is 0 Å². The first-order chi connectivity index (χ1) is 9.21. The zero-order valence-corrected chi connectivity index (χ0v) is 12.4. The first kappa shape index (κ1) is 15.3. The summed E-state index contributed by atoms with van der Waals surface area (Å²) in [6.07, 6.45) is 1.07. The highest BCUT2D eigenvalue weighted by molar-refractivity contribution is 5.80. The van der Waals surface area contributed by atoms with Crippen molar-refractivity contribution in [1.29, 1.82) is 0 Å². The highest BCUT2D eigenvalue weighted by Crippen LogP contribution is 2.17. The van der Waals surface area contributed by atoms with Crippen LogP contribution in [0.1, 0.15) is 32.8 Å². The van der Waals surface area contributed by atoms with Gasteiger partial charge in [0, 0.05) is 18.2 Å². The smallest absolute Gasteiger partial charge is 0.191 e. The molecule has 0 bridgehead atoms. The Balaban J connectivity index is 2.73. The number of nitrogens with one attached hydrogen (secondary N) is 2. The fourth-order valence-corrected chi connectivity index (χ4v) is 1.65. The highest BCUT2D eigenvalue weighted by atomic mass is 16.5. The van der Waals surface area contributed by atoms with Crippen molar-refractivity contribution in [2.24, 2.45) is 4.99 Å². The Morgan fingerprint density at radius 1 is 1.32 bits per heavy atom. The van der Waals surface area contributed by atoms with Gasteiger partial charge in [-0.15, -0.1) is 0 Å². The molecule has 0 spiro atoms. The molecular weight excluding hydrogens is 238 g/mol. The van der Waals surface area contributed by atoms with E-state index < -0.39 is 0 Å². The Hall–Kier alpha value is -1.71. The van der Waals surface area contributed by atoms with Gasteiger partial charge in [0.1, 0.15) is 5.75 Å². The average Bonchev–Trinajstić information content (AvgIpc) is 2.45. The average molecular weight is 263 g/mol. The van der Waals surface area contributed by atoms with E-state index in [4.69, 9.17) is 4.74 Å². The van der Waals surface area contributed by atoms with Crippen LogP contribution in [0.2, 0.25) is 0 Å². The molecule has 1 atom stereocenters. The van der Waals surface area contributed by atoms with E-state index in [-0.39, 0.29) is 0 Å². The van der Waals surface area contributed by atoms with Gasteiger partial charge in [-0.25, -0.2) is 4.99 Å². The van der Waals surface area contributed by atoms with Crippen LogP contribution in [-0.4, -0.2) is 25.7 Å². The molecule has 1 aromatic carbocycles. The first-order valence-corrected chi connectivity index (χ1v) is 6.88. The summed E-state index contributed by atoms with van der Waals surface area (Å²) >= 11 is 0. The summed E-state index contributed by atoms with van der Waals surface area (Å²) in [6, 6.07) is 8.38. The molecule has 0 amide bonds. The van der Waals surface area contributed by atoms with Crippen LogP contribution in [0.5, 0.6) is 5.75 Å². The highest BCUT2D eigenvalue weighted by Gasteiger charge is 2.04. The summed E-state index contributed by atoms with van der Waals surface area (Å²) in [4.78, 5) is 4.59. The van der Waals surface area contributed by atoms with Crippen LogP contribution in [0.3, 0.4) is 0 Å². The van der Waals surface area contributed by atoms with Gasteiger partial charge in [0.05, 0.1) is 13.7 Å². The fourth-order valence-electron chi connectivity index (χ4n) is 1.65. The van der Waals surface area contributed by atoms with E-state index in [1.54, 1.807) is 7.11 Å². The summed E-state index contributed by atoms with van der Waals surface area (Å²) in [5.74, 6) is 1.73. The van der Waals surface area contributed by atoms with Crippen LogP contribution in [0.4, 0.5) is 0 Å². The molecule has 1 rings (SSSR count). The zero-order valence-electron chi connectivity index (χ0n) is 12.4. The lowest BCUT2D eigenvalue weighted by Crippen LogP contribution is -2.41. The lowest BCUT2D eigenvalue weighted by molar-refractivity contribution is 0.410. The maximum Gasteiger partial charge on any atom is 0.191 e. The standard InChI is InChI=1S/C15H25N3O/c1-5-12(3)18-15(16-6-2)17-11-13-9-7-8-10-14(13)19-4/h7-10,12H,5-6,11H2,1-4H3,(H2,16,17,18). The number of methoxy groups -OCH3 is 1. The van der Waals surface area contributed by atoms with Gasteiger partial charge < -0.3 is 15.4 Å². The fraction of sp³-hybridized carbons (Fsp3) is 0.533. The number of rotatable bonds is 6. The number of nitrogens with zero attached hydrogens (tertiary/aromatic N) is 1. The van der Waals surface area contributed by atoms with Crippen LogP contribution >= 0.6 is 0 Å². The van der Waals surface area contributed by atoms with Gasteiger partial charge >= 0.3 is 0 Å². The maximum atomic E-state index is 5.33. The molecule has 1 unspecified atom stereocenters. The van der Waals surface area contributed by atoms with Crippen molar-refractivity contribution < 1.29 is 4.74 Å². The van der Waals surface area contributed by atoms with Crippen LogP contribution in [-0.2, 0) is 6.54 Å². The van der Waals surface area contributed by atoms with Crippen LogP contribution in [0.25, 0.3) is 0 Å². The third-order valence-electron chi connectivity index (χ3n) is 2.94. The van der Waals surface area contributed by atoms with E-state index in [1.165, 1.54) is 0 Å². The molecule has 0 heterocycles. The molecular formula is C15H25N3O. The van der Waals surface area contributed by atoms with Gasteiger partial charge in [-0.05, 0) is 26.3 Å². The SMILES string of the molecule is CCNC(=NCc1ccccc1OC)NC(C)CC. The van der Waals surface area contributed by atoms with E-state index >= 15 is 0 Å². The van der Waals surface area contributed by atoms with Crippen molar-refractivity contribution in [3.63, 3.8) is 0 Å². The predicted octanol–water partition coefficient (Wildman–Crippen LogP) is 2.55. The first-order valence-electron chi connectivity index (χ1n) is 6.88. The van der Waals surface area contributed by atoms with Crippen molar-refractivity contribution in [2.45, 2.75) is 39.8 Å². The van der Waals surface area contributed by atoms with E-state index in [0.29, 0.717) is 12.6 Å². The summed E-state index contributed by atoms with van der Waals surface area (Å²) in [6.45, 7) is 7.83. The molecule has 0 aromatic heterocycles. The molecule has 0 radical (unpaired) electrons. The number of benzene rings is 1. The summed E-state index contributed by atoms with van der Waals surface area (Å²) < 4.78 is 5.33. The van der Waals surface area contributed by atoms with Gasteiger partial charge in [0.25, 0.3) is 0 Å². The second-order valence-electron chi connectivity index (χ2n) is 4.46. The van der Waals surface area contributed by atoms with E-state index in [0.717, 1.165) is 30.2 Å². The Morgan fingerprint density at radius 3 is 2.68 bits per heavy atom. The monoisotopic (exact) mass is 263 g/mol. The Kier molecular flexibility index (Phi) is 6.79.